The van der Waals surface area contributed by atoms with E-state index in [1.165, 1.54) is 19.2 Å². The first-order valence-corrected chi connectivity index (χ1v) is 13.1. The number of rotatable bonds is 9. The molecule has 0 spiro atoms. The maximum absolute atomic E-state index is 13.7. The van der Waals surface area contributed by atoms with Crippen LogP contribution in [0.4, 0.5) is 5.88 Å². The number of nitrogens with zero attached hydrogens (tertiary/aromatic N) is 1. The second-order valence-corrected chi connectivity index (χ2v) is 10.1. The van der Waals surface area contributed by atoms with Gasteiger partial charge in [0.1, 0.15) is 24.7 Å². The smallest absolute Gasteiger partial charge is 0.233 e. The van der Waals surface area contributed by atoms with E-state index in [2.05, 4.69) is 10.3 Å². The van der Waals surface area contributed by atoms with Gasteiger partial charge >= 0.3 is 0 Å². The number of anilines is 1. The van der Waals surface area contributed by atoms with Gasteiger partial charge in [0, 0.05) is 12.6 Å². The molecule has 5 rings (SSSR count). The number of methoxy groups -OCH3 is 2. The molecule has 192 valence electrons. The fourth-order valence-electron chi connectivity index (χ4n) is 3.95. The van der Waals surface area contributed by atoms with Gasteiger partial charge in [-0.2, -0.15) is 4.98 Å². The van der Waals surface area contributed by atoms with Gasteiger partial charge in [-0.1, -0.05) is 24.3 Å². The lowest BCUT2D eigenvalue weighted by Crippen LogP contribution is -2.16. The van der Waals surface area contributed by atoms with Crippen molar-refractivity contribution in [3.63, 3.8) is 0 Å². The first-order valence-electron chi connectivity index (χ1n) is 11.7. The summed E-state index contributed by atoms with van der Waals surface area (Å²) in [7, 11) is -0.929. The lowest BCUT2D eigenvalue weighted by atomic mass is 10.1. The molecule has 0 bridgehead atoms. The van der Waals surface area contributed by atoms with Crippen LogP contribution in [0.25, 0.3) is 11.5 Å². The zero-order valence-corrected chi connectivity index (χ0v) is 21.2. The average Bonchev–Trinajstić information content (AvgIpc) is 3.38. The summed E-state index contributed by atoms with van der Waals surface area (Å²) in [4.78, 5) is 4.43. The Morgan fingerprint density at radius 2 is 1.68 bits per heavy atom. The number of oxazole rings is 1. The summed E-state index contributed by atoms with van der Waals surface area (Å²) in [6.07, 6.45) is 0.623. The van der Waals surface area contributed by atoms with Crippen LogP contribution in [-0.4, -0.2) is 47.4 Å². The first kappa shape index (κ1) is 24.5. The Labute approximate surface area is 214 Å². The van der Waals surface area contributed by atoms with Gasteiger partial charge in [-0.15, -0.1) is 0 Å². The van der Waals surface area contributed by atoms with Crippen molar-refractivity contribution in [2.45, 2.75) is 16.3 Å². The Morgan fingerprint density at radius 3 is 2.43 bits per heavy atom. The predicted molar refractivity (Wildman–Crippen MR) is 137 cm³/mol. The molecule has 0 amide bonds. The van der Waals surface area contributed by atoms with Gasteiger partial charge in [0.15, 0.2) is 11.5 Å². The lowest BCUT2D eigenvalue weighted by Gasteiger charge is -2.18. The molecular weight excluding hydrogens is 496 g/mol. The van der Waals surface area contributed by atoms with Crippen LogP contribution in [0.5, 0.6) is 23.0 Å². The van der Waals surface area contributed by atoms with E-state index in [1.54, 1.807) is 31.4 Å². The number of ether oxygens (including phenoxy) is 4. The molecule has 1 N–H and O–H groups in total. The third-order valence-electron chi connectivity index (χ3n) is 5.87. The Kier molecular flexibility index (Phi) is 6.91. The summed E-state index contributed by atoms with van der Waals surface area (Å²) in [5.41, 5.74) is 1.58. The minimum atomic E-state index is -4.07. The molecule has 1 aromatic heterocycles. The number of nitrogens with one attached hydrogen (secondary N) is 1. The van der Waals surface area contributed by atoms with Crippen LogP contribution in [0.15, 0.2) is 81.1 Å². The Bertz CT molecular complexity index is 1500. The molecule has 37 heavy (non-hydrogen) atoms. The predicted octanol–water partition coefficient (Wildman–Crippen LogP) is 4.62. The van der Waals surface area contributed by atoms with E-state index in [0.29, 0.717) is 49.0 Å². The quantitative estimate of drug-likeness (QED) is 0.337. The molecular formula is C27H26N2O7S. The number of hydrogen-bond acceptors (Lipinski definition) is 9. The van der Waals surface area contributed by atoms with Crippen LogP contribution in [0.2, 0.25) is 0 Å². The summed E-state index contributed by atoms with van der Waals surface area (Å²) in [5.74, 6) is 2.32. The van der Waals surface area contributed by atoms with Crippen LogP contribution < -0.4 is 24.3 Å². The van der Waals surface area contributed by atoms with Crippen molar-refractivity contribution in [1.29, 1.82) is 0 Å². The van der Waals surface area contributed by atoms with Crippen molar-refractivity contribution in [2.24, 2.45) is 0 Å². The van der Waals surface area contributed by atoms with Crippen molar-refractivity contribution >= 4 is 15.7 Å². The van der Waals surface area contributed by atoms with Gasteiger partial charge in [-0.3, -0.25) is 0 Å². The molecule has 0 saturated heterocycles. The topological polar surface area (TPSA) is 109 Å². The lowest BCUT2D eigenvalue weighted by molar-refractivity contribution is 0.171. The number of aromatic nitrogens is 1. The summed E-state index contributed by atoms with van der Waals surface area (Å²) in [6, 6.07) is 19.3. The Morgan fingerprint density at radius 1 is 0.919 bits per heavy atom. The summed E-state index contributed by atoms with van der Waals surface area (Å²) in [6.45, 7) is 1.17. The molecule has 2 heterocycles. The molecule has 0 atom stereocenters. The first-order chi connectivity index (χ1) is 18.0. The minimum absolute atomic E-state index is 0.0230. The van der Waals surface area contributed by atoms with E-state index >= 15 is 0 Å². The largest absolute Gasteiger partial charge is 0.497 e. The van der Waals surface area contributed by atoms with Crippen LogP contribution >= 0.6 is 0 Å². The highest BCUT2D eigenvalue weighted by atomic mass is 32.2. The highest BCUT2D eigenvalue weighted by Gasteiger charge is 2.30. The van der Waals surface area contributed by atoms with Crippen LogP contribution in [-0.2, 0) is 16.3 Å². The highest BCUT2D eigenvalue weighted by Crippen LogP contribution is 2.38. The van der Waals surface area contributed by atoms with E-state index in [9.17, 15) is 8.42 Å². The molecule has 0 radical (unpaired) electrons. The molecule has 10 heteroatoms. The SMILES string of the molecule is COc1ccc(CCNc2oc(-c3ccccc3OC)nc2S(=O)(=O)c2ccc3c(c2)OCCO3)cc1. The minimum Gasteiger partial charge on any atom is -0.497 e. The molecule has 0 saturated carbocycles. The average molecular weight is 523 g/mol. The fraction of sp³-hybridized carbons (Fsp3) is 0.222. The van der Waals surface area contributed by atoms with Gasteiger partial charge in [0.25, 0.3) is 0 Å². The number of benzene rings is 3. The van der Waals surface area contributed by atoms with Crippen molar-refractivity contribution in [3.05, 3.63) is 72.3 Å². The van der Waals surface area contributed by atoms with Gasteiger partial charge in [-0.05, 0) is 48.4 Å². The van der Waals surface area contributed by atoms with E-state index < -0.39 is 9.84 Å². The number of hydrogen-bond donors (Lipinski definition) is 1. The van der Waals surface area contributed by atoms with Gasteiger partial charge < -0.3 is 28.7 Å². The van der Waals surface area contributed by atoms with Crippen LogP contribution in [0.3, 0.4) is 0 Å². The van der Waals surface area contributed by atoms with E-state index in [0.717, 1.165) is 11.3 Å². The van der Waals surface area contributed by atoms with E-state index in [1.807, 2.05) is 30.3 Å². The number of fused-ring (bicyclic) bond motifs is 1. The standard InChI is InChI=1S/C27H26N2O7S/c1-32-19-9-7-18(8-10-19)13-14-28-26-27(29-25(36-26)21-5-3-4-6-22(21)33-2)37(30,31)20-11-12-23-24(17-20)35-16-15-34-23/h3-12,17,28H,13-16H2,1-2H3. The number of sulfone groups is 1. The molecule has 0 unspecified atom stereocenters. The second kappa shape index (κ2) is 10.4. The normalized spacial score (nSPS) is 12.7. The summed E-state index contributed by atoms with van der Waals surface area (Å²) >= 11 is 0. The highest BCUT2D eigenvalue weighted by molar-refractivity contribution is 7.91. The maximum Gasteiger partial charge on any atom is 0.233 e. The molecule has 1 aliphatic heterocycles. The van der Waals surface area contributed by atoms with Crippen molar-refractivity contribution in [3.8, 4) is 34.5 Å². The maximum atomic E-state index is 13.7. The van der Waals surface area contributed by atoms with Crippen molar-refractivity contribution in [2.75, 3.05) is 39.3 Å². The van der Waals surface area contributed by atoms with Crippen molar-refractivity contribution in [1.82, 2.24) is 4.98 Å². The van der Waals surface area contributed by atoms with Gasteiger partial charge in [0.2, 0.25) is 26.6 Å². The molecule has 0 fully saturated rings. The molecule has 9 nitrogen and oxygen atoms in total. The fourth-order valence-corrected chi connectivity index (χ4v) is 5.25. The zero-order valence-electron chi connectivity index (χ0n) is 20.4. The number of para-hydroxylation sites is 1. The van der Waals surface area contributed by atoms with Crippen LogP contribution in [0, 0.1) is 0 Å². The van der Waals surface area contributed by atoms with E-state index in [4.69, 9.17) is 23.4 Å². The summed E-state index contributed by atoms with van der Waals surface area (Å²) < 4.78 is 55.2. The van der Waals surface area contributed by atoms with Crippen LogP contribution in [0.1, 0.15) is 5.56 Å². The molecule has 4 aromatic rings. The molecule has 3 aromatic carbocycles. The Balaban J connectivity index is 1.49. The third-order valence-corrected chi connectivity index (χ3v) is 7.53. The van der Waals surface area contributed by atoms with E-state index in [-0.39, 0.29) is 21.7 Å². The third kappa shape index (κ3) is 5.05. The molecule has 1 aliphatic rings. The Hall–Kier alpha value is -4.18. The zero-order chi connectivity index (χ0) is 25.8. The molecule has 0 aliphatic carbocycles. The van der Waals surface area contributed by atoms with Crippen molar-refractivity contribution < 1.29 is 31.8 Å². The van der Waals surface area contributed by atoms with Gasteiger partial charge in [-0.25, -0.2) is 8.42 Å². The van der Waals surface area contributed by atoms with Gasteiger partial charge in [0.05, 0.1) is 24.7 Å². The second-order valence-electron chi connectivity index (χ2n) is 8.19. The summed E-state index contributed by atoms with van der Waals surface area (Å²) in [5, 5.41) is 2.90. The monoisotopic (exact) mass is 522 g/mol.